The molecule has 0 bridgehead atoms. The molecule has 21 heavy (non-hydrogen) atoms. The van der Waals surface area contributed by atoms with E-state index in [0.717, 1.165) is 5.56 Å². The summed E-state index contributed by atoms with van der Waals surface area (Å²) in [6, 6.07) is 6.88. The molecule has 1 aromatic rings. The first-order chi connectivity index (χ1) is 9.87. The first-order valence-corrected chi connectivity index (χ1v) is 7.31. The van der Waals surface area contributed by atoms with Crippen LogP contribution >= 0.6 is 0 Å². The molecule has 2 rings (SSSR count). The number of nitrogens with one attached hydrogen (secondary N) is 1. The van der Waals surface area contributed by atoms with E-state index < -0.39 is 11.9 Å². The summed E-state index contributed by atoms with van der Waals surface area (Å²) < 4.78 is 26.3. The third-order valence-electron chi connectivity index (χ3n) is 4.30. The number of rotatable bonds is 5. The lowest BCUT2D eigenvalue weighted by molar-refractivity contribution is -0.0489. The normalized spacial score (nSPS) is 20.1. The van der Waals surface area contributed by atoms with Crippen LogP contribution in [0.15, 0.2) is 24.3 Å². The third kappa shape index (κ3) is 4.49. The van der Waals surface area contributed by atoms with Crippen molar-refractivity contribution in [3.8, 4) is 0 Å². The minimum Gasteiger partial charge on any atom is -0.478 e. The lowest BCUT2D eigenvalue weighted by atomic mass is 9.82. The van der Waals surface area contributed by atoms with Crippen LogP contribution in [0.5, 0.6) is 0 Å². The number of alkyl halides is 2. The summed E-state index contributed by atoms with van der Waals surface area (Å²) >= 11 is 0. The van der Waals surface area contributed by atoms with Crippen molar-refractivity contribution in [1.29, 1.82) is 0 Å². The van der Waals surface area contributed by atoms with E-state index in [9.17, 15) is 13.6 Å². The van der Waals surface area contributed by atoms with Crippen molar-refractivity contribution < 1.29 is 18.7 Å². The molecular formula is C16H21F2NO2. The van der Waals surface area contributed by atoms with Gasteiger partial charge in [-0.3, -0.25) is 0 Å². The molecule has 5 heteroatoms. The minimum absolute atomic E-state index is 0.0169. The minimum atomic E-state index is -2.48. The molecule has 116 valence electrons. The summed E-state index contributed by atoms with van der Waals surface area (Å²) in [6.45, 7) is 2.65. The van der Waals surface area contributed by atoms with Crippen LogP contribution < -0.4 is 5.32 Å². The van der Waals surface area contributed by atoms with Crippen molar-refractivity contribution in [2.45, 2.75) is 51.1 Å². The molecule has 1 aliphatic rings. The van der Waals surface area contributed by atoms with Gasteiger partial charge in [0, 0.05) is 25.4 Å². The van der Waals surface area contributed by atoms with Crippen molar-refractivity contribution >= 4 is 5.97 Å². The van der Waals surface area contributed by atoms with Gasteiger partial charge in [-0.1, -0.05) is 12.1 Å². The molecule has 0 saturated heterocycles. The Bertz CT molecular complexity index is 478. The monoisotopic (exact) mass is 297 g/mol. The fourth-order valence-electron chi connectivity index (χ4n) is 2.77. The lowest BCUT2D eigenvalue weighted by Crippen LogP contribution is -2.37. The van der Waals surface area contributed by atoms with Gasteiger partial charge >= 0.3 is 5.97 Å². The van der Waals surface area contributed by atoms with Crippen LogP contribution in [0.25, 0.3) is 0 Å². The van der Waals surface area contributed by atoms with Crippen molar-refractivity contribution in [3.63, 3.8) is 0 Å². The van der Waals surface area contributed by atoms with Crippen molar-refractivity contribution in [1.82, 2.24) is 5.32 Å². The van der Waals surface area contributed by atoms with Gasteiger partial charge in [-0.2, -0.15) is 0 Å². The van der Waals surface area contributed by atoms with E-state index in [1.54, 1.807) is 24.3 Å². The van der Waals surface area contributed by atoms with Crippen LogP contribution in [0, 0.1) is 5.92 Å². The fourth-order valence-corrected chi connectivity index (χ4v) is 2.77. The fraction of sp³-hybridized carbons (Fsp3) is 0.562. The van der Waals surface area contributed by atoms with Crippen molar-refractivity contribution in [2.75, 3.05) is 0 Å². The summed E-state index contributed by atoms with van der Waals surface area (Å²) in [7, 11) is 0. The summed E-state index contributed by atoms with van der Waals surface area (Å²) in [6.07, 6.45) is 1.08. The van der Waals surface area contributed by atoms with Crippen LogP contribution in [0.1, 0.15) is 48.5 Å². The number of hydrogen-bond donors (Lipinski definition) is 2. The second-order valence-corrected chi connectivity index (χ2v) is 5.87. The number of benzene rings is 1. The highest BCUT2D eigenvalue weighted by molar-refractivity contribution is 5.87. The Labute approximate surface area is 123 Å². The van der Waals surface area contributed by atoms with Gasteiger partial charge in [-0.15, -0.1) is 0 Å². The Morgan fingerprint density at radius 1 is 1.33 bits per heavy atom. The summed E-state index contributed by atoms with van der Waals surface area (Å²) in [5.41, 5.74) is 1.26. The van der Waals surface area contributed by atoms with Crippen LogP contribution in [-0.2, 0) is 6.54 Å². The second kappa shape index (κ2) is 6.52. The van der Waals surface area contributed by atoms with E-state index in [1.165, 1.54) is 0 Å². The van der Waals surface area contributed by atoms with Crippen LogP contribution in [0.3, 0.4) is 0 Å². The summed E-state index contributed by atoms with van der Waals surface area (Å²) in [5, 5.41) is 12.2. The molecule has 1 atom stereocenters. The molecule has 0 aromatic heterocycles. The predicted molar refractivity (Wildman–Crippen MR) is 76.6 cm³/mol. The molecule has 1 saturated carbocycles. The van der Waals surface area contributed by atoms with E-state index in [-0.39, 0.29) is 30.4 Å². The standard InChI is InChI=1S/C16H21F2NO2/c1-11(13-6-8-16(17,18)9-7-13)19-10-12-2-4-14(5-3-12)15(20)21/h2-5,11,13,19H,6-10H2,1H3,(H,20,21). The smallest absolute Gasteiger partial charge is 0.335 e. The molecule has 0 heterocycles. The second-order valence-electron chi connectivity index (χ2n) is 5.87. The molecular weight excluding hydrogens is 276 g/mol. The largest absolute Gasteiger partial charge is 0.478 e. The number of carboxylic acid groups (broad SMARTS) is 1. The van der Waals surface area contributed by atoms with E-state index in [2.05, 4.69) is 5.32 Å². The lowest BCUT2D eigenvalue weighted by Gasteiger charge is -2.32. The number of hydrogen-bond acceptors (Lipinski definition) is 2. The van der Waals surface area contributed by atoms with E-state index in [1.807, 2.05) is 6.92 Å². The highest BCUT2D eigenvalue weighted by Gasteiger charge is 2.36. The van der Waals surface area contributed by atoms with Gasteiger partial charge in [0.15, 0.2) is 0 Å². The van der Waals surface area contributed by atoms with Gasteiger partial charge in [-0.25, -0.2) is 13.6 Å². The summed E-state index contributed by atoms with van der Waals surface area (Å²) in [4.78, 5) is 10.8. The Hall–Kier alpha value is -1.49. The van der Waals surface area contributed by atoms with Crippen molar-refractivity contribution in [3.05, 3.63) is 35.4 Å². The van der Waals surface area contributed by atoms with Crippen LogP contribution in [-0.4, -0.2) is 23.0 Å². The number of aromatic carboxylic acids is 1. The van der Waals surface area contributed by atoms with Gasteiger partial charge in [-0.05, 0) is 43.4 Å². The molecule has 0 amide bonds. The Morgan fingerprint density at radius 2 is 1.90 bits per heavy atom. The topological polar surface area (TPSA) is 49.3 Å². The maximum Gasteiger partial charge on any atom is 0.335 e. The van der Waals surface area contributed by atoms with Gasteiger partial charge < -0.3 is 10.4 Å². The van der Waals surface area contributed by atoms with Crippen LogP contribution in [0.2, 0.25) is 0 Å². The molecule has 1 fully saturated rings. The van der Waals surface area contributed by atoms with E-state index in [0.29, 0.717) is 19.4 Å². The maximum atomic E-state index is 13.1. The molecule has 1 unspecified atom stereocenters. The van der Waals surface area contributed by atoms with E-state index in [4.69, 9.17) is 5.11 Å². The zero-order chi connectivity index (χ0) is 15.5. The molecule has 2 N–H and O–H groups in total. The maximum absolute atomic E-state index is 13.1. The van der Waals surface area contributed by atoms with Crippen LogP contribution in [0.4, 0.5) is 8.78 Å². The first kappa shape index (κ1) is 15.9. The Morgan fingerprint density at radius 3 is 2.43 bits per heavy atom. The Balaban J connectivity index is 1.81. The highest BCUT2D eigenvalue weighted by atomic mass is 19.3. The molecule has 3 nitrogen and oxygen atoms in total. The quantitative estimate of drug-likeness (QED) is 0.871. The molecule has 0 radical (unpaired) electrons. The van der Waals surface area contributed by atoms with Gasteiger partial charge in [0.2, 0.25) is 5.92 Å². The highest BCUT2D eigenvalue weighted by Crippen LogP contribution is 2.37. The van der Waals surface area contributed by atoms with E-state index >= 15 is 0 Å². The number of carboxylic acids is 1. The van der Waals surface area contributed by atoms with Gasteiger partial charge in [0.1, 0.15) is 0 Å². The first-order valence-electron chi connectivity index (χ1n) is 7.31. The molecule has 1 aromatic carbocycles. The zero-order valence-electron chi connectivity index (χ0n) is 12.1. The van der Waals surface area contributed by atoms with Gasteiger partial charge in [0.05, 0.1) is 5.56 Å². The summed E-state index contributed by atoms with van der Waals surface area (Å²) in [5.74, 6) is -3.14. The third-order valence-corrected chi connectivity index (χ3v) is 4.30. The molecule has 0 spiro atoms. The predicted octanol–water partition coefficient (Wildman–Crippen LogP) is 3.69. The SMILES string of the molecule is CC(NCc1ccc(C(=O)O)cc1)C1CCC(F)(F)CC1. The average molecular weight is 297 g/mol. The van der Waals surface area contributed by atoms with Gasteiger partial charge in [0.25, 0.3) is 0 Å². The molecule has 1 aliphatic carbocycles. The van der Waals surface area contributed by atoms with Crippen molar-refractivity contribution in [2.24, 2.45) is 5.92 Å². The average Bonchev–Trinajstić information content (AvgIpc) is 2.45. The Kier molecular flexibility index (Phi) is 4.93. The zero-order valence-corrected chi connectivity index (χ0v) is 12.1. The number of halogens is 2. The number of carbonyl (C=O) groups is 1. The molecule has 0 aliphatic heterocycles.